The van der Waals surface area contributed by atoms with Gasteiger partial charge in [0, 0.05) is 45.2 Å². The van der Waals surface area contributed by atoms with Gasteiger partial charge in [0.2, 0.25) is 11.8 Å². The minimum absolute atomic E-state index is 0.0192. The van der Waals surface area contributed by atoms with Crippen molar-refractivity contribution < 1.29 is 38.3 Å². The minimum atomic E-state index is -0.723. The molecule has 4 amide bonds. The SMILES string of the molecule is CCC(=O)NCCOCCOCCNC(=O)CCCC(=O)ON1C(=O)CCC1=O. The lowest BCUT2D eigenvalue weighted by Crippen LogP contribution is -2.32. The van der Waals surface area contributed by atoms with Crippen LogP contribution in [0.2, 0.25) is 0 Å². The number of hydrogen-bond donors (Lipinski definition) is 2. The van der Waals surface area contributed by atoms with Crippen molar-refractivity contribution in [3.05, 3.63) is 0 Å². The Bertz CT molecular complexity index is 565. The molecule has 0 bridgehead atoms. The van der Waals surface area contributed by atoms with Crippen molar-refractivity contribution >= 4 is 29.6 Å². The first-order chi connectivity index (χ1) is 13.9. The van der Waals surface area contributed by atoms with Gasteiger partial charge < -0.3 is 24.9 Å². The van der Waals surface area contributed by atoms with Gasteiger partial charge in [-0.1, -0.05) is 6.92 Å². The zero-order valence-corrected chi connectivity index (χ0v) is 16.7. The average molecular weight is 415 g/mol. The number of carbonyl (C=O) groups is 5. The van der Waals surface area contributed by atoms with E-state index in [0.717, 1.165) is 0 Å². The fourth-order valence-electron chi connectivity index (χ4n) is 2.26. The van der Waals surface area contributed by atoms with Gasteiger partial charge in [0.15, 0.2) is 0 Å². The molecule has 29 heavy (non-hydrogen) atoms. The molecule has 1 heterocycles. The maximum Gasteiger partial charge on any atom is 0.333 e. The van der Waals surface area contributed by atoms with Gasteiger partial charge >= 0.3 is 5.97 Å². The number of carbonyl (C=O) groups excluding carboxylic acids is 5. The van der Waals surface area contributed by atoms with Gasteiger partial charge in [-0.2, -0.15) is 0 Å². The van der Waals surface area contributed by atoms with Crippen molar-refractivity contribution in [2.75, 3.05) is 39.5 Å². The second-order valence-corrected chi connectivity index (χ2v) is 6.18. The van der Waals surface area contributed by atoms with Crippen LogP contribution in [0.5, 0.6) is 0 Å². The molecule has 1 aliphatic heterocycles. The molecule has 0 radical (unpaired) electrons. The first-order valence-corrected chi connectivity index (χ1v) is 9.69. The Labute approximate surface area is 169 Å². The van der Waals surface area contributed by atoms with Crippen LogP contribution in [-0.2, 0) is 38.3 Å². The molecule has 0 aromatic carbocycles. The van der Waals surface area contributed by atoms with Gasteiger partial charge in [-0.3, -0.25) is 19.2 Å². The van der Waals surface area contributed by atoms with E-state index < -0.39 is 17.8 Å². The number of nitrogens with one attached hydrogen (secondary N) is 2. The molecule has 1 saturated heterocycles. The summed E-state index contributed by atoms with van der Waals surface area (Å²) in [5.74, 6) is -2.05. The van der Waals surface area contributed by atoms with Crippen molar-refractivity contribution in [2.45, 2.75) is 45.4 Å². The lowest BCUT2D eigenvalue weighted by atomic mass is 10.2. The maximum atomic E-state index is 11.7. The number of hydroxylamine groups is 2. The molecule has 0 aromatic rings. The Morgan fingerprint density at radius 1 is 0.862 bits per heavy atom. The standard InChI is InChI=1S/C18H29N3O8/c1-2-14(22)19-8-10-27-12-13-28-11-9-20-15(23)4-3-5-18(26)29-21-16(24)6-7-17(21)25/h2-13H2,1H3,(H,19,22)(H,20,23). The summed E-state index contributed by atoms with van der Waals surface area (Å²) in [4.78, 5) is 61.6. The van der Waals surface area contributed by atoms with E-state index >= 15 is 0 Å². The van der Waals surface area contributed by atoms with E-state index in [1.165, 1.54) is 0 Å². The fraction of sp³-hybridized carbons (Fsp3) is 0.722. The smallest absolute Gasteiger partial charge is 0.333 e. The molecule has 1 aliphatic rings. The van der Waals surface area contributed by atoms with Crippen LogP contribution in [-0.4, -0.2) is 74.2 Å². The summed E-state index contributed by atoms with van der Waals surface area (Å²) >= 11 is 0. The molecular formula is C18H29N3O8. The van der Waals surface area contributed by atoms with Crippen LogP contribution in [0.1, 0.15) is 45.4 Å². The summed E-state index contributed by atoms with van der Waals surface area (Å²) < 4.78 is 10.6. The molecule has 164 valence electrons. The molecule has 1 rings (SSSR count). The summed E-state index contributed by atoms with van der Waals surface area (Å²) in [6.07, 6.45) is 0.810. The maximum absolute atomic E-state index is 11.7. The van der Waals surface area contributed by atoms with E-state index in [1.54, 1.807) is 6.92 Å². The normalized spacial score (nSPS) is 13.5. The molecule has 11 nitrogen and oxygen atoms in total. The number of nitrogens with zero attached hydrogens (tertiary/aromatic N) is 1. The van der Waals surface area contributed by atoms with Crippen LogP contribution in [0.3, 0.4) is 0 Å². The number of rotatable bonds is 15. The van der Waals surface area contributed by atoms with Crippen LogP contribution in [0.15, 0.2) is 0 Å². The molecule has 0 unspecified atom stereocenters. The predicted octanol–water partition coefficient (Wildman–Crippen LogP) is -0.560. The quantitative estimate of drug-likeness (QED) is 0.268. The van der Waals surface area contributed by atoms with Gasteiger partial charge in [0.05, 0.1) is 26.4 Å². The van der Waals surface area contributed by atoms with Gasteiger partial charge in [-0.25, -0.2) is 4.79 Å². The molecule has 0 atom stereocenters. The number of amides is 4. The number of hydrogen-bond acceptors (Lipinski definition) is 8. The fourth-order valence-corrected chi connectivity index (χ4v) is 2.26. The van der Waals surface area contributed by atoms with E-state index in [2.05, 4.69) is 10.6 Å². The number of imide groups is 1. The molecular weight excluding hydrogens is 386 g/mol. The first kappa shape index (κ1) is 24.5. The molecule has 2 N–H and O–H groups in total. The Balaban J connectivity index is 1.91. The Morgan fingerprint density at radius 2 is 1.41 bits per heavy atom. The molecule has 0 aromatic heterocycles. The highest BCUT2D eigenvalue weighted by molar-refractivity contribution is 6.01. The highest BCUT2D eigenvalue weighted by atomic mass is 16.7. The molecule has 0 saturated carbocycles. The van der Waals surface area contributed by atoms with E-state index in [4.69, 9.17) is 14.3 Å². The highest BCUT2D eigenvalue weighted by Gasteiger charge is 2.32. The van der Waals surface area contributed by atoms with Crippen molar-refractivity contribution in [2.24, 2.45) is 0 Å². The van der Waals surface area contributed by atoms with Crippen molar-refractivity contribution in [3.63, 3.8) is 0 Å². The molecule has 0 spiro atoms. The third-order valence-corrected chi connectivity index (χ3v) is 3.81. The summed E-state index contributed by atoms with van der Waals surface area (Å²) in [5, 5.41) is 5.83. The second kappa shape index (κ2) is 14.5. The Morgan fingerprint density at radius 3 is 1.97 bits per heavy atom. The third-order valence-electron chi connectivity index (χ3n) is 3.81. The van der Waals surface area contributed by atoms with Crippen LogP contribution >= 0.6 is 0 Å². The van der Waals surface area contributed by atoms with E-state index in [1.807, 2.05) is 0 Å². The van der Waals surface area contributed by atoms with Crippen molar-refractivity contribution in [3.8, 4) is 0 Å². The van der Waals surface area contributed by atoms with Gasteiger partial charge in [-0.15, -0.1) is 5.06 Å². The topological polar surface area (TPSA) is 140 Å². The number of ether oxygens (including phenoxy) is 2. The van der Waals surface area contributed by atoms with Crippen LogP contribution in [0, 0.1) is 0 Å². The van der Waals surface area contributed by atoms with Crippen molar-refractivity contribution in [1.82, 2.24) is 15.7 Å². The molecule has 11 heteroatoms. The first-order valence-electron chi connectivity index (χ1n) is 9.69. The van der Waals surface area contributed by atoms with Gasteiger partial charge in [0.25, 0.3) is 11.8 Å². The van der Waals surface area contributed by atoms with E-state index in [9.17, 15) is 24.0 Å². The predicted molar refractivity (Wildman–Crippen MR) is 99.0 cm³/mol. The monoisotopic (exact) mass is 415 g/mol. The average Bonchev–Trinajstić information content (AvgIpc) is 3.01. The highest BCUT2D eigenvalue weighted by Crippen LogP contribution is 2.13. The van der Waals surface area contributed by atoms with Crippen molar-refractivity contribution in [1.29, 1.82) is 0 Å². The molecule has 0 aliphatic carbocycles. The van der Waals surface area contributed by atoms with Gasteiger partial charge in [0.1, 0.15) is 0 Å². The third kappa shape index (κ3) is 11.2. The summed E-state index contributed by atoms with van der Waals surface area (Å²) in [6, 6.07) is 0. The second-order valence-electron chi connectivity index (χ2n) is 6.18. The van der Waals surface area contributed by atoms with Gasteiger partial charge in [-0.05, 0) is 6.42 Å². The Hall–Kier alpha value is -2.53. The Kier molecular flexibility index (Phi) is 12.2. The largest absolute Gasteiger partial charge is 0.377 e. The zero-order valence-electron chi connectivity index (χ0n) is 16.7. The summed E-state index contributed by atoms with van der Waals surface area (Å²) in [7, 11) is 0. The molecule has 1 fully saturated rings. The lowest BCUT2D eigenvalue weighted by molar-refractivity contribution is -0.197. The van der Waals surface area contributed by atoms with E-state index in [-0.39, 0.29) is 43.9 Å². The van der Waals surface area contributed by atoms with E-state index in [0.29, 0.717) is 51.0 Å². The van der Waals surface area contributed by atoms with Crippen LogP contribution < -0.4 is 10.6 Å². The summed E-state index contributed by atoms with van der Waals surface area (Å²) in [5.41, 5.74) is 0. The lowest BCUT2D eigenvalue weighted by Gasteiger charge is -2.12. The zero-order chi connectivity index (χ0) is 21.5. The van der Waals surface area contributed by atoms with Crippen LogP contribution in [0.25, 0.3) is 0 Å². The minimum Gasteiger partial charge on any atom is -0.377 e. The van der Waals surface area contributed by atoms with Crippen LogP contribution in [0.4, 0.5) is 0 Å². The summed E-state index contributed by atoms with van der Waals surface area (Å²) in [6.45, 7) is 4.06.